The minimum absolute atomic E-state index is 0.0379. The number of nitrogens with zero attached hydrogens (tertiary/aromatic N) is 4. The van der Waals surface area contributed by atoms with Crippen LogP contribution in [0.2, 0.25) is 0 Å². The molecule has 12 heteroatoms. The number of carbonyl (C=O) groups excluding carboxylic acids is 1. The first-order valence-corrected chi connectivity index (χ1v) is 13.1. The van der Waals surface area contributed by atoms with Gasteiger partial charge in [0.15, 0.2) is 4.34 Å². The Bertz CT molecular complexity index is 1220. The highest BCUT2D eigenvalue weighted by molar-refractivity contribution is 8.00. The summed E-state index contributed by atoms with van der Waals surface area (Å²) in [7, 11) is -3.74. The van der Waals surface area contributed by atoms with Gasteiger partial charge in [-0.05, 0) is 11.6 Å². The van der Waals surface area contributed by atoms with E-state index in [-0.39, 0.29) is 11.4 Å². The number of anilines is 1. The van der Waals surface area contributed by atoms with Crippen molar-refractivity contribution in [2.75, 3.05) is 18.4 Å². The monoisotopic (exact) mass is 493 g/mol. The van der Waals surface area contributed by atoms with Gasteiger partial charge < -0.3 is 4.57 Å². The third-order valence-electron chi connectivity index (χ3n) is 4.47. The highest BCUT2D eigenvalue weighted by Gasteiger charge is 2.22. The van der Waals surface area contributed by atoms with Gasteiger partial charge in [-0.1, -0.05) is 67.3 Å². The number of rotatable bonds is 10. The smallest absolute Gasteiger partial charge is 0.251 e. The van der Waals surface area contributed by atoms with E-state index in [0.717, 1.165) is 21.9 Å². The van der Waals surface area contributed by atoms with Crippen molar-refractivity contribution in [1.29, 1.82) is 0 Å². The van der Waals surface area contributed by atoms with Crippen molar-refractivity contribution < 1.29 is 13.2 Å². The molecular formula is C20H23N5O4S3. The topological polar surface area (TPSA) is 114 Å². The van der Waals surface area contributed by atoms with Crippen LogP contribution in [0.5, 0.6) is 0 Å². The van der Waals surface area contributed by atoms with Gasteiger partial charge in [0, 0.05) is 31.1 Å². The lowest BCUT2D eigenvalue weighted by Crippen LogP contribution is -2.33. The summed E-state index contributed by atoms with van der Waals surface area (Å²) in [6.07, 6.45) is 1.19. The second kappa shape index (κ2) is 10.9. The average Bonchev–Trinajstić information content (AvgIpc) is 3.22. The van der Waals surface area contributed by atoms with Crippen molar-refractivity contribution in [3.8, 4) is 0 Å². The summed E-state index contributed by atoms with van der Waals surface area (Å²) >= 11 is 2.74. The van der Waals surface area contributed by atoms with Crippen LogP contribution in [0, 0.1) is 0 Å². The fourth-order valence-corrected chi connectivity index (χ4v) is 6.05. The predicted molar refractivity (Wildman–Crippen MR) is 125 cm³/mol. The Labute approximate surface area is 194 Å². The first-order chi connectivity index (χ1) is 15.3. The minimum atomic E-state index is -3.74. The number of pyridine rings is 1. The number of aromatic nitrogens is 3. The van der Waals surface area contributed by atoms with Crippen LogP contribution in [-0.4, -0.2) is 46.5 Å². The van der Waals surface area contributed by atoms with E-state index in [1.807, 2.05) is 30.3 Å². The molecular weight excluding hydrogens is 470 g/mol. The Morgan fingerprint density at radius 2 is 1.84 bits per heavy atom. The minimum Gasteiger partial charge on any atom is -0.305 e. The van der Waals surface area contributed by atoms with Crippen LogP contribution in [0.15, 0.2) is 62.7 Å². The molecule has 0 atom stereocenters. The molecule has 3 rings (SSSR count). The van der Waals surface area contributed by atoms with Crippen LogP contribution in [0.25, 0.3) is 0 Å². The quantitative estimate of drug-likeness (QED) is 0.341. The van der Waals surface area contributed by atoms with Crippen LogP contribution in [0.4, 0.5) is 5.13 Å². The number of hydrogen-bond donors (Lipinski definition) is 1. The Morgan fingerprint density at radius 1 is 1.12 bits per heavy atom. The second-order valence-electron chi connectivity index (χ2n) is 6.62. The fourth-order valence-electron chi connectivity index (χ4n) is 2.85. The zero-order valence-corrected chi connectivity index (χ0v) is 20.0. The van der Waals surface area contributed by atoms with Crippen LogP contribution < -0.4 is 10.9 Å². The van der Waals surface area contributed by atoms with E-state index in [1.54, 1.807) is 13.8 Å². The zero-order valence-electron chi connectivity index (χ0n) is 17.6. The Hall–Kier alpha value is -2.54. The van der Waals surface area contributed by atoms with Gasteiger partial charge in [0.25, 0.3) is 5.56 Å². The zero-order chi connectivity index (χ0) is 23.1. The molecule has 170 valence electrons. The number of sulfonamides is 1. The molecule has 32 heavy (non-hydrogen) atoms. The lowest BCUT2D eigenvalue weighted by Gasteiger charge is -2.18. The molecule has 9 nitrogen and oxygen atoms in total. The summed E-state index contributed by atoms with van der Waals surface area (Å²) in [5.41, 5.74) is 0.673. The van der Waals surface area contributed by atoms with E-state index < -0.39 is 21.5 Å². The molecule has 0 radical (unpaired) electrons. The van der Waals surface area contributed by atoms with Gasteiger partial charge in [-0.3, -0.25) is 14.9 Å². The molecule has 0 aliphatic carbocycles. The van der Waals surface area contributed by atoms with Crippen LogP contribution in [0.1, 0.15) is 19.4 Å². The van der Waals surface area contributed by atoms with E-state index >= 15 is 0 Å². The molecule has 1 N–H and O–H groups in total. The number of hydrogen-bond acceptors (Lipinski definition) is 8. The molecule has 2 aromatic heterocycles. The second-order valence-corrected chi connectivity index (χ2v) is 10.8. The van der Waals surface area contributed by atoms with Crippen LogP contribution in [-0.2, 0) is 27.1 Å². The van der Waals surface area contributed by atoms with Gasteiger partial charge in [-0.15, -0.1) is 10.2 Å². The molecule has 3 aromatic rings. The molecule has 1 amide bonds. The van der Waals surface area contributed by atoms with Gasteiger partial charge >= 0.3 is 0 Å². The highest BCUT2D eigenvalue weighted by atomic mass is 32.2. The van der Waals surface area contributed by atoms with Crippen molar-refractivity contribution >= 4 is 44.2 Å². The number of thioether (sulfide) groups is 1. The van der Waals surface area contributed by atoms with Crippen LogP contribution >= 0.6 is 23.1 Å². The maximum atomic E-state index is 12.7. The van der Waals surface area contributed by atoms with Crippen molar-refractivity contribution in [2.24, 2.45) is 0 Å². The van der Waals surface area contributed by atoms with E-state index in [9.17, 15) is 18.0 Å². The van der Waals surface area contributed by atoms with E-state index in [0.29, 0.717) is 22.6 Å². The number of carbonyl (C=O) groups is 1. The molecule has 0 fully saturated rings. The Balaban J connectivity index is 1.65. The first-order valence-electron chi connectivity index (χ1n) is 9.84. The van der Waals surface area contributed by atoms with Crippen LogP contribution in [0.3, 0.4) is 0 Å². The third-order valence-corrected chi connectivity index (χ3v) is 8.55. The normalized spacial score (nSPS) is 11.6. The van der Waals surface area contributed by atoms with E-state index in [2.05, 4.69) is 15.5 Å². The Kier molecular flexibility index (Phi) is 8.18. The molecule has 0 saturated heterocycles. The predicted octanol–water partition coefficient (Wildman–Crippen LogP) is 2.66. The van der Waals surface area contributed by atoms with Crippen molar-refractivity contribution in [3.05, 3.63) is 64.6 Å². The summed E-state index contributed by atoms with van der Waals surface area (Å²) < 4.78 is 28.4. The summed E-state index contributed by atoms with van der Waals surface area (Å²) in [4.78, 5) is 24.6. The fraction of sp³-hybridized carbons (Fsp3) is 0.300. The number of nitrogens with one attached hydrogen (secondary N) is 1. The average molecular weight is 494 g/mol. The van der Waals surface area contributed by atoms with E-state index in [1.165, 1.54) is 39.7 Å². The standard InChI is InChI=1S/C20H23N5O4S3/c1-3-25(4-2)32(28,29)16-10-11-18(27)24(12-16)13-17(26)21-19-22-23-20(31-19)30-14-15-8-6-5-7-9-15/h5-12H,3-4,13-14H2,1-2H3,(H,21,22,26). The number of benzene rings is 1. The maximum absolute atomic E-state index is 12.7. The van der Waals surface area contributed by atoms with Crippen molar-refractivity contribution in [1.82, 2.24) is 19.1 Å². The van der Waals surface area contributed by atoms with Gasteiger partial charge in [-0.2, -0.15) is 4.31 Å². The third kappa shape index (κ3) is 6.03. The summed E-state index contributed by atoms with van der Waals surface area (Å²) in [6.45, 7) is 3.74. The molecule has 0 bridgehead atoms. The first kappa shape index (κ1) is 24.1. The van der Waals surface area contributed by atoms with Crippen molar-refractivity contribution in [2.45, 2.75) is 35.4 Å². The molecule has 0 aliphatic heterocycles. The number of amides is 1. The highest BCUT2D eigenvalue weighted by Crippen LogP contribution is 2.28. The molecule has 0 aliphatic rings. The Morgan fingerprint density at radius 3 is 2.53 bits per heavy atom. The lowest BCUT2D eigenvalue weighted by molar-refractivity contribution is -0.116. The maximum Gasteiger partial charge on any atom is 0.251 e. The summed E-state index contributed by atoms with van der Waals surface area (Å²) in [5.74, 6) is 0.229. The van der Waals surface area contributed by atoms with Gasteiger partial charge in [0.1, 0.15) is 6.54 Å². The molecule has 2 heterocycles. The van der Waals surface area contributed by atoms with E-state index in [4.69, 9.17) is 0 Å². The molecule has 1 aromatic carbocycles. The molecule has 0 unspecified atom stereocenters. The van der Waals surface area contributed by atoms with Crippen molar-refractivity contribution in [3.63, 3.8) is 0 Å². The molecule has 0 spiro atoms. The molecule has 0 saturated carbocycles. The van der Waals surface area contributed by atoms with Gasteiger partial charge in [0.2, 0.25) is 21.1 Å². The lowest BCUT2D eigenvalue weighted by atomic mass is 10.2. The van der Waals surface area contributed by atoms with Gasteiger partial charge in [-0.25, -0.2) is 8.42 Å². The van der Waals surface area contributed by atoms with Gasteiger partial charge in [0.05, 0.1) is 4.90 Å². The summed E-state index contributed by atoms with van der Waals surface area (Å²) in [6, 6.07) is 12.3. The summed E-state index contributed by atoms with van der Waals surface area (Å²) in [5, 5.41) is 10.9. The SMILES string of the molecule is CCN(CC)S(=O)(=O)c1ccc(=O)n(CC(=O)Nc2nnc(SCc3ccccc3)s2)c1. The largest absolute Gasteiger partial charge is 0.305 e.